The number of fused-ring (bicyclic) bond motifs is 2. The van der Waals surface area contributed by atoms with Gasteiger partial charge in [0.1, 0.15) is 6.54 Å². The summed E-state index contributed by atoms with van der Waals surface area (Å²) < 4.78 is 0. The monoisotopic (exact) mass is 454 g/mol. The van der Waals surface area contributed by atoms with Crippen LogP contribution >= 0.6 is 0 Å². The van der Waals surface area contributed by atoms with E-state index in [1.807, 2.05) is 83.1 Å². The number of anilines is 1. The lowest BCUT2D eigenvalue weighted by Gasteiger charge is -2.33. The van der Waals surface area contributed by atoms with Gasteiger partial charge in [-0.3, -0.25) is 4.79 Å². The molecule has 1 aliphatic heterocycles. The van der Waals surface area contributed by atoms with Gasteiger partial charge in [-0.15, -0.1) is 0 Å². The zero-order valence-electron chi connectivity index (χ0n) is 20.6. The quantitative estimate of drug-likeness (QED) is 0.481. The Hall–Kier alpha value is -3.52. The summed E-state index contributed by atoms with van der Waals surface area (Å²) in [4.78, 5) is 27.4. The standard InChI is InChI=1S/C21H26N6O2.2C2H6/c1-3-27(24)20-16-10-6-7-11-17(16)26(18(28)13-25(2)21(23)29)12-14-8-4-5-9-15(14)19(20)22;2*1-2/h4-11H,3,12-13,22,24H2,1-2H3,(H2,23,29);2*1-2H3/b20-19-;;. The minimum Gasteiger partial charge on any atom is -0.396 e. The molecule has 0 saturated heterocycles. The Morgan fingerprint density at radius 3 is 2.09 bits per heavy atom. The van der Waals surface area contributed by atoms with Crippen molar-refractivity contribution in [1.82, 2.24) is 9.91 Å². The average Bonchev–Trinajstić information content (AvgIpc) is 2.84. The molecule has 0 spiro atoms. The molecular weight excluding hydrogens is 416 g/mol. The molecule has 1 heterocycles. The van der Waals surface area contributed by atoms with Crippen LogP contribution < -0.4 is 22.2 Å². The number of benzene rings is 2. The molecule has 0 fully saturated rings. The number of urea groups is 1. The van der Waals surface area contributed by atoms with Crippen molar-refractivity contribution in [3.8, 4) is 0 Å². The first-order chi connectivity index (χ1) is 15.8. The van der Waals surface area contributed by atoms with Crippen LogP contribution in [-0.4, -0.2) is 42.0 Å². The Morgan fingerprint density at radius 1 is 0.970 bits per heavy atom. The molecule has 180 valence electrons. The third-order valence-electron chi connectivity index (χ3n) is 5.02. The van der Waals surface area contributed by atoms with Crippen molar-refractivity contribution in [1.29, 1.82) is 0 Å². The molecule has 8 heteroatoms. The van der Waals surface area contributed by atoms with Gasteiger partial charge in [0.2, 0.25) is 5.91 Å². The first kappa shape index (κ1) is 27.5. The molecule has 1 aliphatic rings. The van der Waals surface area contributed by atoms with Crippen LogP contribution in [0.15, 0.2) is 48.5 Å². The van der Waals surface area contributed by atoms with Crippen molar-refractivity contribution in [3.05, 3.63) is 65.2 Å². The summed E-state index contributed by atoms with van der Waals surface area (Å²) in [5.41, 5.74) is 16.2. The predicted octanol–water partition coefficient (Wildman–Crippen LogP) is 3.58. The molecule has 0 radical (unpaired) electrons. The number of nitrogens with zero attached hydrogens (tertiary/aromatic N) is 3. The molecule has 0 atom stereocenters. The molecule has 2 aromatic rings. The maximum atomic E-state index is 13.2. The van der Waals surface area contributed by atoms with Crippen LogP contribution in [0.5, 0.6) is 0 Å². The maximum Gasteiger partial charge on any atom is 0.314 e. The minimum atomic E-state index is -0.664. The average molecular weight is 455 g/mol. The van der Waals surface area contributed by atoms with Gasteiger partial charge in [-0.25, -0.2) is 10.6 Å². The van der Waals surface area contributed by atoms with E-state index in [0.717, 1.165) is 16.7 Å². The lowest BCUT2D eigenvalue weighted by Crippen LogP contribution is -2.44. The third-order valence-corrected chi connectivity index (χ3v) is 5.02. The first-order valence-electron chi connectivity index (χ1n) is 11.4. The van der Waals surface area contributed by atoms with Gasteiger partial charge < -0.3 is 26.3 Å². The second-order valence-corrected chi connectivity index (χ2v) is 6.90. The van der Waals surface area contributed by atoms with E-state index < -0.39 is 6.03 Å². The highest BCUT2D eigenvalue weighted by Gasteiger charge is 2.28. The fraction of sp³-hybridized carbons (Fsp3) is 0.360. The molecule has 0 saturated carbocycles. The highest BCUT2D eigenvalue weighted by Crippen LogP contribution is 2.36. The van der Waals surface area contributed by atoms with Gasteiger partial charge >= 0.3 is 6.03 Å². The Balaban J connectivity index is 0.00000129. The van der Waals surface area contributed by atoms with E-state index in [0.29, 0.717) is 30.2 Å². The lowest BCUT2D eigenvalue weighted by molar-refractivity contribution is -0.119. The molecule has 0 aliphatic carbocycles. The van der Waals surface area contributed by atoms with Gasteiger partial charge in [0.15, 0.2) is 0 Å². The number of carbonyl (C=O) groups is 2. The molecule has 0 unspecified atom stereocenters. The van der Waals surface area contributed by atoms with Gasteiger partial charge in [-0.1, -0.05) is 70.2 Å². The fourth-order valence-electron chi connectivity index (χ4n) is 3.41. The van der Waals surface area contributed by atoms with Crippen LogP contribution in [-0.2, 0) is 11.3 Å². The van der Waals surface area contributed by atoms with E-state index in [2.05, 4.69) is 0 Å². The molecule has 6 N–H and O–H groups in total. The van der Waals surface area contributed by atoms with E-state index in [-0.39, 0.29) is 12.5 Å². The molecule has 2 aromatic carbocycles. The molecular formula is C25H38N6O2. The Kier molecular flexibility index (Phi) is 10.9. The second-order valence-electron chi connectivity index (χ2n) is 6.90. The van der Waals surface area contributed by atoms with Crippen molar-refractivity contribution >= 4 is 29.0 Å². The SMILES string of the molecule is CC.CC.CCN(N)/C1=C(\N)c2ccccc2CN(C(=O)CN(C)C(N)=O)c2ccccc21. The smallest absolute Gasteiger partial charge is 0.314 e. The zero-order chi connectivity index (χ0) is 25.1. The van der Waals surface area contributed by atoms with Crippen LogP contribution in [0.1, 0.15) is 51.3 Å². The summed E-state index contributed by atoms with van der Waals surface area (Å²) in [5, 5.41) is 1.58. The molecule has 0 bridgehead atoms. The minimum absolute atomic E-state index is 0.138. The maximum absolute atomic E-state index is 13.2. The Morgan fingerprint density at radius 2 is 1.52 bits per heavy atom. The second kappa shape index (κ2) is 13.1. The molecule has 3 amide bonds. The lowest BCUT2D eigenvalue weighted by atomic mass is 9.96. The van der Waals surface area contributed by atoms with Crippen molar-refractivity contribution in [2.75, 3.05) is 25.0 Å². The number of nitrogens with two attached hydrogens (primary N) is 3. The van der Waals surface area contributed by atoms with E-state index in [4.69, 9.17) is 17.3 Å². The highest BCUT2D eigenvalue weighted by atomic mass is 16.2. The number of likely N-dealkylation sites (N-methyl/N-ethyl adjacent to an activating group) is 1. The van der Waals surface area contributed by atoms with Crippen molar-refractivity contribution < 1.29 is 9.59 Å². The zero-order valence-corrected chi connectivity index (χ0v) is 20.6. The number of hydrogen-bond acceptors (Lipinski definition) is 5. The molecule has 3 rings (SSSR count). The van der Waals surface area contributed by atoms with Crippen LogP contribution in [0.2, 0.25) is 0 Å². The van der Waals surface area contributed by atoms with Gasteiger partial charge in [0.05, 0.1) is 23.6 Å². The molecule has 8 nitrogen and oxygen atoms in total. The summed E-state index contributed by atoms with van der Waals surface area (Å²) in [5.74, 6) is 6.04. The fourth-order valence-corrected chi connectivity index (χ4v) is 3.41. The van der Waals surface area contributed by atoms with E-state index in [9.17, 15) is 9.59 Å². The van der Waals surface area contributed by atoms with Crippen molar-refractivity contribution in [2.24, 2.45) is 17.3 Å². The topological polar surface area (TPSA) is 122 Å². The summed E-state index contributed by atoms with van der Waals surface area (Å²) in [6.07, 6.45) is 0. The Bertz CT molecular complexity index is 973. The van der Waals surface area contributed by atoms with Crippen molar-refractivity contribution in [2.45, 2.75) is 41.2 Å². The van der Waals surface area contributed by atoms with Crippen LogP contribution in [0, 0.1) is 0 Å². The van der Waals surface area contributed by atoms with Crippen molar-refractivity contribution in [3.63, 3.8) is 0 Å². The predicted molar refractivity (Wildman–Crippen MR) is 137 cm³/mol. The van der Waals surface area contributed by atoms with Crippen LogP contribution in [0.4, 0.5) is 10.5 Å². The number of hydrogen-bond donors (Lipinski definition) is 3. The number of para-hydroxylation sites is 1. The van der Waals surface area contributed by atoms with E-state index in [1.165, 1.54) is 11.9 Å². The number of amides is 3. The molecule has 0 aromatic heterocycles. The highest BCUT2D eigenvalue weighted by molar-refractivity contribution is 6.02. The largest absolute Gasteiger partial charge is 0.396 e. The van der Waals surface area contributed by atoms with Gasteiger partial charge in [-0.2, -0.15) is 0 Å². The Labute approximate surface area is 197 Å². The summed E-state index contributed by atoms with van der Waals surface area (Å²) in [6, 6.07) is 14.4. The summed E-state index contributed by atoms with van der Waals surface area (Å²) >= 11 is 0. The van der Waals surface area contributed by atoms with E-state index >= 15 is 0 Å². The van der Waals surface area contributed by atoms with Gasteiger partial charge in [0, 0.05) is 24.7 Å². The number of hydrazine groups is 1. The number of rotatable bonds is 4. The first-order valence-corrected chi connectivity index (χ1v) is 11.4. The van der Waals surface area contributed by atoms with E-state index in [1.54, 1.807) is 9.91 Å². The van der Waals surface area contributed by atoms with Gasteiger partial charge in [0.25, 0.3) is 0 Å². The normalized spacial score (nSPS) is 14.1. The third kappa shape index (κ3) is 6.26. The van der Waals surface area contributed by atoms with Crippen LogP contribution in [0.3, 0.4) is 0 Å². The summed E-state index contributed by atoms with van der Waals surface area (Å²) in [6.45, 7) is 10.6. The number of primary amides is 1. The molecule has 33 heavy (non-hydrogen) atoms. The number of carbonyl (C=O) groups excluding carboxylic acids is 2. The van der Waals surface area contributed by atoms with Crippen LogP contribution in [0.25, 0.3) is 11.4 Å². The summed E-state index contributed by atoms with van der Waals surface area (Å²) in [7, 11) is 1.49. The van der Waals surface area contributed by atoms with Gasteiger partial charge in [-0.05, 0) is 18.6 Å².